The number of nitrogens with one attached hydrogen (secondary N) is 1. The fourth-order valence-electron chi connectivity index (χ4n) is 1.06. The molecule has 1 aromatic heterocycles. The van der Waals surface area contributed by atoms with Crippen LogP contribution in [-0.2, 0) is 6.54 Å². The maximum Gasteiger partial charge on any atom is 0.492 e. The minimum atomic E-state index is -0.554. The summed E-state index contributed by atoms with van der Waals surface area (Å²) in [6.45, 7) is 0.485. The lowest BCUT2D eigenvalue weighted by Crippen LogP contribution is -2.40. The highest BCUT2D eigenvalue weighted by Crippen LogP contribution is 2.09. The zero-order valence-corrected chi connectivity index (χ0v) is 8.69. The number of aromatic amines is 1. The van der Waals surface area contributed by atoms with Crippen LogP contribution >= 0.6 is 15.9 Å². The zero-order valence-electron chi connectivity index (χ0n) is 7.11. The third-order valence-corrected chi connectivity index (χ3v) is 2.22. The van der Waals surface area contributed by atoms with E-state index < -0.39 is 5.76 Å². The Hall–Kier alpha value is -1.43. The highest BCUT2D eigenvalue weighted by molar-refractivity contribution is 9.10. The van der Waals surface area contributed by atoms with Gasteiger partial charge in [0.25, 0.3) is 0 Å². The van der Waals surface area contributed by atoms with Gasteiger partial charge in [-0.15, -0.1) is 0 Å². The van der Waals surface area contributed by atoms with E-state index in [1.807, 2.05) is 24.3 Å². The quantitative estimate of drug-likeness (QED) is 0.795. The van der Waals surface area contributed by atoms with Gasteiger partial charge in [0.1, 0.15) is 0 Å². The van der Waals surface area contributed by atoms with Crippen LogP contribution in [0, 0.1) is 0 Å². The lowest BCUT2D eigenvalue weighted by atomic mass is 10.2. The first-order valence-electron chi connectivity index (χ1n) is 3.94. The molecule has 0 saturated heterocycles. The van der Waals surface area contributed by atoms with Crippen LogP contribution in [0.2, 0.25) is 0 Å². The number of halogens is 1. The normalized spacial score (nSPS) is 10.4. The Balaban J connectivity index is 2.19. The number of hydrogen-bond donors (Lipinski definition) is 1. The predicted molar refractivity (Wildman–Crippen MR) is 50.6 cm³/mol. The van der Waals surface area contributed by atoms with Gasteiger partial charge < -0.3 is 0 Å². The molecule has 2 aromatic rings. The van der Waals surface area contributed by atoms with Gasteiger partial charge in [-0.05, 0) is 12.1 Å². The Bertz CT molecular complexity index is 474. The maximum atomic E-state index is 10.6. The van der Waals surface area contributed by atoms with Gasteiger partial charge in [-0.2, -0.15) is 0 Å². The molecule has 0 aliphatic heterocycles. The molecule has 14 heavy (non-hydrogen) atoms. The Morgan fingerprint density at radius 3 is 2.71 bits per heavy atom. The van der Waals surface area contributed by atoms with Crippen molar-refractivity contribution >= 4 is 15.9 Å². The number of benzene rings is 1. The van der Waals surface area contributed by atoms with Gasteiger partial charge in [-0.3, -0.25) is 0 Å². The van der Waals surface area contributed by atoms with Crippen LogP contribution in [0.25, 0.3) is 0 Å². The molecule has 0 unspecified atom stereocenters. The van der Waals surface area contributed by atoms with E-state index in [9.17, 15) is 4.79 Å². The molecule has 0 radical (unpaired) electrons. The van der Waals surface area contributed by atoms with Crippen molar-refractivity contribution in [1.29, 1.82) is 0 Å². The highest BCUT2D eigenvalue weighted by atomic mass is 79.9. The molecule has 2 rings (SSSR count). The van der Waals surface area contributed by atoms with E-state index in [2.05, 4.69) is 30.8 Å². The summed E-state index contributed by atoms with van der Waals surface area (Å²) >= 11 is 3.34. The molecule has 0 amide bonds. The molecule has 1 heterocycles. The van der Waals surface area contributed by atoms with Gasteiger partial charge in [-0.25, -0.2) is 9.32 Å². The number of hydrogen-bond acceptors (Lipinski definition) is 3. The lowest BCUT2D eigenvalue weighted by Gasteiger charge is -1.91. The van der Waals surface area contributed by atoms with E-state index in [1.165, 1.54) is 4.80 Å². The van der Waals surface area contributed by atoms with Crippen molar-refractivity contribution < 1.29 is 9.32 Å². The number of rotatable bonds is 2. The van der Waals surface area contributed by atoms with E-state index in [4.69, 9.17) is 0 Å². The van der Waals surface area contributed by atoms with Crippen molar-refractivity contribution in [3.05, 3.63) is 44.9 Å². The van der Waals surface area contributed by atoms with E-state index in [1.54, 1.807) is 0 Å². The van der Waals surface area contributed by atoms with Crippen molar-refractivity contribution in [2.45, 2.75) is 6.54 Å². The Labute approximate surface area is 87.4 Å². The molecule has 1 aromatic carbocycles. The maximum absolute atomic E-state index is 10.6. The molecule has 5 nitrogen and oxygen atoms in total. The molecular weight excluding hydrogens is 250 g/mol. The van der Waals surface area contributed by atoms with Gasteiger partial charge in [0.15, 0.2) is 0 Å². The van der Waals surface area contributed by atoms with Crippen molar-refractivity contribution in [3.63, 3.8) is 0 Å². The van der Waals surface area contributed by atoms with Crippen LogP contribution in [0.15, 0.2) is 38.1 Å². The Morgan fingerprint density at radius 2 is 2.14 bits per heavy atom. The molecular formula is C8H7BrN3O2+. The highest BCUT2D eigenvalue weighted by Gasteiger charge is 2.08. The van der Waals surface area contributed by atoms with Crippen LogP contribution in [0.4, 0.5) is 0 Å². The van der Waals surface area contributed by atoms with Crippen molar-refractivity contribution in [2.24, 2.45) is 0 Å². The van der Waals surface area contributed by atoms with Crippen LogP contribution in [0.1, 0.15) is 5.56 Å². The second kappa shape index (κ2) is 3.75. The van der Waals surface area contributed by atoms with Gasteiger partial charge in [0, 0.05) is 14.8 Å². The molecule has 0 spiro atoms. The lowest BCUT2D eigenvalue weighted by molar-refractivity contribution is -0.805. The molecule has 1 N–H and O–H groups in total. The summed E-state index contributed by atoms with van der Waals surface area (Å²) in [7, 11) is 0. The molecule has 72 valence electrons. The van der Waals surface area contributed by atoms with Crippen LogP contribution in [0.5, 0.6) is 0 Å². The topological polar surface area (TPSA) is 62.8 Å². The summed E-state index contributed by atoms with van der Waals surface area (Å²) in [5.74, 6) is -0.554. The average Bonchev–Trinajstić information content (AvgIpc) is 2.56. The van der Waals surface area contributed by atoms with Crippen molar-refractivity contribution in [2.75, 3.05) is 0 Å². The molecule has 6 heteroatoms. The van der Waals surface area contributed by atoms with E-state index in [0.29, 0.717) is 6.54 Å². The third kappa shape index (κ3) is 2.08. The minimum Gasteiger partial charge on any atom is -0.240 e. The predicted octanol–water partition coefficient (Wildman–Crippen LogP) is 0.461. The van der Waals surface area contributed by atoms with Gasteiger partial charge in [-0.1, -0.05) is 33.2 Å². The third-order valence-electron chi connectivity index (χ3n) is 1.69. The second-order valence-electron chi connectivity index (χ2n) is 2.76. The van der Waals surface area contributed by atoms with Crippen LogP contribution < -0.4 is 10.6 Å². The molecule has 0 fully saturated rings. The SMILES string of the molecule is O=c1[nH][n+](Cc2ccc(Br)cc2)no1. The Morgan fingerprint density at radius 1 is 1.43 bits per heavy atom. The summed E-state index contributed by atoms with van der Waals surface area (Å²) in [5, 5.41) is 5.91. The first-order chi connectivity index (χ1) is 6.74. The van der Waals surface area contributed by atoms with Crippen LogP contribution in [0.3, 0.4) is 0 Å². The average molecular weight is 257 g/mol. The van der Waals surface area contributed by atoms with Gasteiger partial charge >= 0.3 is 5.76 Å². The van der Waals surface area contributed by atoms with Crippen molar-refractivity contribution in [3.8, 4) is 0 Å². The largest absolute Gasteiger partial charge is 0.492 e. The first-order valence-corrected chi connectivity index (χ1v) is 4.74. The van der Waals surface area contributed by atoms with Crippen LogP contribution in [-0.4, -0.2) is 10.4 Å². The minimum absolute atomic E-state index is 0.485. The molecule has 0 saturated carbocycles. The standard InChI is InChI=1S/C8H6BrN3O2/c9-7-3-1-6(2-4-7)5-12-10-8(13)14-11-12/h1-4H,5H2/p+1. The number of H-pyrrole nitrogens is 1. The van der Waals surface area contributed by atoms with E-state index >= 15 is 0 Å². The van der Waals surface area contributed by atoms with Gasteiger partial charge in [0.05, 0.1) is 0 Å². The summed E-state index contributed by atoms with van der Waals surface area (Å²) in [4.78, 5) is 12.0. The van der Waals surface area contributed by atoms with Crippen molar-refractivity contribution in [1.82, 2.24) is 10.4 Å². The van der Waals surface area contributed by atoms with Gasteiger partial charge in [0.2, 0.25) is 11.8 Å². The van der Waals surface area contributed by atoms with E-state index in [0.717, 1.165) is 10.0 Å². The van der Waals surface area contributed by atoms with E-state index in [-0.39, 0.29) is 0 Å². The Kier molecular flexibility index (Phi) is 2.45. The number of nitrogens with zero attached hydrogens (tertiary/aromatic N) is 2. The fourth-order valence-corrected chi connectivity index (χ4v) is 1.33. The summed E-state index contributed by atoms with van der Waals surface area (Å²) in [6.07, 6.45) is 0. The first kappa shape index (κ1) is 9.14. The molecule has 0 aliphatic rings. The number of aromatic nitrogens is 3. The summed E-state index contributed by atoms with van der Waals surface area (Å²) in [6, 6.07) is 7.72. The molecule has 0 bridgehead atoms. The zero-order chi connectivity index (χ0) is 9.97. The molecule has 0 aliphatic carbocycles. The summed E-state index contributed by atoms with van der Waals surface area (Å²) in [5.41, 5.74) is 1.03. The summed E-state index contributed by atoms with van der Waals surface area (Å²) < 4.78 is 5.37. The fraction of sp³-hybridized carbons (Fsp3) is 0.125. The monoisotopic (exact) mass is 256 g/mol. The molecule has 0 atom stereocenters. The smallest absolute Gasteiger partial charge is 0.240 e. The second-order valence-corrected chi connectivity index (χ2v) is 3.67.